The van der Waals surface area contributed by atoms with Crippen molar-refractivity contribution in [3.8, 4) is 11.5 Å². The third-order valence-electron chi connectivity index (χ3n) is 5.30. The maximum atomic E-state index is 12.5. The van der Waals surface area contributed by atoms with Gasteiger partial charge in [0, 0.05) is 28.9 Å². The van der Waals surface area contributed by atoms with Crippen LogP contribution >= 0.6 is 0 Å². The topological polar surface area (TPSA) is 98.3 Å². The molecule has 0 unspecified atom stereocenters. The average molecular weight is 415 g/mol. The quantitative estimate of drug-likeness (QED) is 0.300. The van der Waals surface area contributed by atoms with Crippen molar-refractivity contribution in [2.45, 2.75) is 26.2 Å². The van der Waals surface area contributed by atoms with Gasteiger partial charge in [-0.3, -0.25) is 14.9 Å². The van der Waals surface area contributed by atoms with Gasteiger partial charge in [-0.15, -0.1) is 0 Å². The van der Waals surface area contributed by atoms with Crippen molar-refractivity contribution in [1.82, 2.24) is 4.98 Å². The first-order valence-electron chi connectivity index (χ1n) is 10.0. The molecule has 0 spiro atoms. The van der Waals surface area contributed by atoms with E-state index in [4.69, 9.17) is 4.42 Å². The third kappa shape index (κ3) is 4.30. The Morgan fingerprint density at radius 3 is 2.61 bits per heavy atom. The van der Waals surface area contributed by atoms with Crippen LogP contribution in [0.4, 0.5) is 11.4 Å². The van der Waals surface area contributed by atoms with Crippen molar-refractivity contribution in [3.05, 3.63) is 88.0 Å². The van der Waals surface area contributed by atoms with Crippen LogP contribution in [-0.2, 0) is 0 Å². The number of benzene rings is 3. The number of amides is 1. The minimum absolute atomic E-state index is 0.0639. The van der Waals surface area contributed by atoms with Crippen LogP contribution < -0.4 is 5.32 Å². The molecule has 0 fully saturated rings. The van der Waals surface area contributed by atoms with Gasteiger partial charge in [-0.2, -0.15) is 0 Å². The first kappa shape index (κ1) is 20.3. The monoisotopic (exact) mass is 415 g/mol. The molecule has 3 aromatic carbocycles. The van der Waals surface area contributed by atoms with Crippen molar-refractivity contribution < 1.29 is 14.1 Å². The zero-order valence-electron chi connectivity index (χ0n) is 17.2. The molecule has 7 heteroatoms. The fraction of sp³-hybridized carbons (Fsp3) is 0.167. The number of nitrogens with one attached hydrogen (secondary N) is 1. The van der Waals surface area contributed by atoms with Crippen LogP contribution in [0.3, 0.4) is 0 Å². The fourth-order valence-electron chi connectivity index (χ4n) is 3.28. The summed E-state index contributed by atoms with van der Waals surface area (Å²) in [5.74, 6) is 0.563. The highest BCUT2D eigenvalue weighted by molar-refractivity contribution is 6.04. The van der Waals surface area contributed by atoms with Crippen molar-refractivity contribution in [3.63, 3.8) is 0 Å². The summed E-state index contributed by atoms with van der Waals surface area (Å²) >= 11 is 0. The summed E-state index contributed by atoms with van der Waals surface area (Å²) in [5, 5.41) is 13.6. The van der Waals surface area contributed by atoms with E-state index in [2.05, 4.69) is 36.3 Å². The summed E-state index contributed by atoms with van der Waals surface area (Å²) in [6, 6.07) is 18.7. The molecule has 0 aliphatic carbocycles. The Kier molecular flexibility index (Phi) is 5.49. The molecule has 1 aromatic heterocycles. The van der Waals surface area contributed by atoms with Crippen molar-refractivity contribution >= 4 is 28.4 Å². The molecule has 0 saturated carbocycles. The molecular weight excluding hydrogens is 394 g/mol. The summed E-state index contributed by atoms with van der Waals surface area (Å²) in [4.78, 5) is 27.4. The Labute approximate surface area is 178 Å². The number of carbonyl (C=O) groups is 1. The lowest BCUT2D eigenvalue weighted by molar-refractivity contribution is -0.384. The van der Waals surface area contributed by atoms with E-state index < -0.39 is 4.92 Å². The molecule has 7 nitrogen and oxygen atoms in total. The van der Waals surface area contributed by atoms with E-state index in [1.54, 1.807) is 18.2 Å². The number of rotatable bonds is 6. The molecule has 31 heavy (non-hydrogen) atoms. The van der Waals surface area contributed by atoms with Gasteiger partial charge in [0.15, 0.2) is 5.58 Å². The first-order chi connectivity index (χ1) is 14.9. The van der Waals surface area contributed by atoms with Crippen LogP contribution in [0.1, 0.15) is 42.1 Å². The van der Waals surface area contributed by atoms with Crippen LogP contribution in [0.25, 0.3) is 22.6 Å². The van der Waals surface area contributed by atoms with E-state index in [0.29, 0.717) is 28.6 Å². The molecule has 1 atom stereocenters. The van der Waals surface area contributed by atoms with Crippen LogP contribution in [0, 0.1) is 10.1 Å². The third-order valence-corrected chi connectivity index (χ3v) is 5.30. The number of nitro groups is 1. The Balaban J connectivity index is 1.56. The largest absolute Gasteiger partial charge is 0.436 e. The van der Waals surface area contributed by atoms with Crippen LogP contribution in [-0.4, -0.2) is 15.8 Å². The van der Waals surface area contributed by atoms with Gasteiger partial charge in [-0.25, -0.2) is 4.98 Å². The number of oxazole rings is 1. The van der Waals surface area contributed by atoms with E-state index in [1.807, 2.05) is 12.1 Å². The van der Waals surface area contributed by atoms with Gasteiger partial charge in [-0.1, -0.05) is 26.0 Å². The van der Waals surface area contributed by atoms with Gasteiger partial charge in [0.2, 0.25) is 5.89 Å². The van der Waals surface area contributed by atoms with Crippen molar-refractivity contribution in [2.75, 3.05) is 5.32 Å². The lowest BCUT2D eigenvalue weighted by Gasteiger charge is -2.07. The number of carbonyl (C=O) groups excluding carboxylic acids is 1. The summed E-state index contributed by atoms with van der Waals surface area (Å²) in [6.07, 6.45) is 1.05. The maximum absolute atomic E-state index is 12.5. The predicted octanol–water partition coefficient (Wildman–Crippen LogP) is 6.17. The molecule has 1 N–H and O–H groups in total. The second kappa shape index (κ2) is 8.39. The molecule has 1 amide bonds. The van der Waals surface area contributed by atoms with Crippen LogP contribution in [0.5, 0.6) is 0 Å². The second-order valence-corrected chi connectivity index (χ2v) is 7.39. The van der Waals surface area contributed by atoms with Gasteiger partial charge in [0.05, 0.1) is 4.92 Å². The molecular formula is C24H21N3O4. The van der Waals surface area contributed by atoms with Gasteiger partial charge < -0.3 is 9.73 Å². The summed E-state index contributed by atoms with van der Waals surface area (Å²) in [5.41, 5.74) is 4.31. The van der Waals surface area contributed by atoms with Crippen LogP contribution in [0.15, 0.2) is 71.1 Å². The standard InChI is InChI=1S/C24H21N3O4/c1-3-15(2)17-9-12-22-21(14-17)26-24(31-22)18-5-4-6-19(13-18)25-23(28)16-7-10-20(11-8-16)27(29)30/h4-15H,3H2,1-2H3,(H,25,28)/t15-/m1/s1. The smallest absolute Gasteiger partial charge is 0.269 e. The Morgan fingerprint density at radius 1 is 1.13 bits per heavy atom. The Morgan fingerprint density at radius 2 is 1.90 bits per heavy atom. The zero-order chi connectivity index (χ0) is 22.0. The highest BCUT2D eigenvalue weighted by Crippen LogP contribution is 2.29. The number of hydrogen-bond donors (Lipinski definition) is 1. The highest BCUT2D eigenvalue weighted by atomic mass is 16.6. The normalized spacial score (nSPS) is 11.9. The maximum Gasteiger partial charge on any atom is 0.269 e. The van der Waals surface area contributed by atoms with E-state index >= 15 is 0 Å². The molecule has 4 rings (SSSR count). The lowest BCUT2D eigenvalue weighted by atomic mass is 9.98. The number of non-ortho nitro benzene ring substituents is 1. The van der Waals surface area contributed by atoms with Gasteiger partial charge >= 0.3 is 0 Å². The molecule has 0 aliphatic rings. The van der Waals surface area contributed by atoms with Gasteiger partial charge in [-0.05, 0) is 60.4 Å². The minimum Gasteiger partial charge on any atom is -0.436 e. The van der Waals surface area contributed by atoms with E-state index in [1.165, 1.54) is 29.8 Å². The van der Waals surface area contributed by atoms with Gasteiger partial charge in [0.1, 0.15) is 5.52 Å². The number of nitrogens with zero attached hydrogens (tertiary/aromatic N) is 2. The minimum atomic E-state index is -0.503. The predicted molar refractivity (Wildman–Crippen MR) is 119 cm³/mol. The fourth-order valence-corrected chi connectivity index (χ4v) is 3.28. The first-order valence-corrected chi connectivity index (χ1v) is 10.0. The molecule has 1 heterocycles. The number of fused-ring (bicyclic) bond motifs is 1. The molecule has 0 bridgehead atoms. The lowest BCUT2D eigenvalue weighted by Crippen LogP contribution is -2.11. The molecule has 4 aromatic rings. The van der Waals surface area contributed by atoms with E-state index in [0.717, 1.165) is 17.5 Å². The summed E-state index contributed by atoms with van der Waals surface area (Å²) in [7, 11) is 0. The summed E-state index contributed by atoms with van der Waals surface area (Å²) < 4.78 is 5.92. The van der Waals surface area contributed by atoms with E-state index in [9.17, 15) is 14.9 Å². The number of anilines is 1. The van der Waals surface area contributed by atoms with Crippen LogP contribution in [0.2, 0.25) is 0 Å². The highest BCUT2D eigenvalue weighted by Gasteiger charge is 2.13. The Hall–Kier alpha value is -4.00. The second-order valence-electron chi connectivity index (χ2n) is 7.39. The SMILES string of the molecule is CC[C@@H](C)c1ccc2oc(-c3cccc(NC(=O)c4ccc([N+](=O)[O-])cc4)c3)nc2c1. The molecule has 0 radical (unpaired) electrons. The van der Waals surface area contributed by atoms with Crippen molar-refractivity contribution in [1.29, 1.82) is 0 Å². The molecule has 0 aliphatic heterocycles. The molecule has 156 valence electrons. The number of nitro benzene ring substituents is 1. The van der Waals surface area contributed by atoms with Crippen molar-refractivity contribution in [2.24, 2.45) is 0 Å². The van der Waals surface area contributed by atoms with Gasteiger partial charge in [0.25, 0.3) is 11.6 Å². The molecule has 0 saturated heterocycles. The number of aromatic nitrogens is 1. The van der Waals surface area contributed by atoms with E-state index in [-0.39, 0.29) is 11.6 Å². The Bertz CT molecular complexity index is 1260. The zero-order valence-corrected chi connectivity index (χ0v) is 17.2. The summed E-state index contributed by atoms with van der Waals surface area (Å²) in [6.45, 7) is 4.33. The average Bonchev–Trinajstić information content (AvgIpc) is 3.22. The number of hydrogen-bond acceptors (Lipinski definition) is 5.